The van der Waals surface area contributed by atoms with Crippen LogP contribution in [0, 0.1) is 0 Å². The molecule has 0 amide bonds. The van der Waals surface area contributed by atoms with Crippen LogP contribution in [0.15, 0.2) is 24.3 Å². The summed E-state index contributed by atoms with van der Waals surface area (Å²) in [6.07, 6.45) is 2.47. The van der Waals surface area contributed by atoms with Crippen LogP contribution in [0.3, 0.4) is 0 Å². The summed E-state index contributed by atoms with van der Waals surface area (Å²) in [5, 5.41) is 3.63. The molecule has 0 unspecified atom stereocenters. The largest absolute Gasteiger partial charge is 0.313 e. The Bertz CT molecular complexity index is 320. The number of hydrogen-bond acceptors (Lipinski definition) is 2. The lowest BCUT2D eigenvalue weighted by Gasteiger charge is -2.19. The molecule has 0 bridgehead atoms. The van der Waals surface area contributed by atoms with Crippen molar-refractivity contribution in [2.24, 2.45) is 0 Å². The van der Waals surface area contributed by atoms with Crippen LogP contribution in [0.4, 0.5) is 0 Å². The Balaban J connectivity index is 1.73. The van der Waals surface area contributed by atoms with E-state index in [2.05, 4.69) is 48.3 Å². The summed E-state index contributed by atoms with van der Waals surface area (Å²) in [5.41, 5.74) is 3.02. The molecule has 94 valence electrons. The van der Waals surface area contributed by atoms with Gasteiger partial charge in [-0.2, -0.15) is 0 Å². The number of nitrogens with zero attached hydrogens (tertiary/aromatic N) is 1. The second kappa shape index (κ2) is 6.18. The van der Waals surface area contributed by atoms with Gasteiger partial charge >= 0.3 is 0 Å². The molecule has 1 aliphatic rings. The molecule has 0 saturated heterocycles. The normalized spacial score (nSPS) is 15.5. The second-order valence-corrected chi connectivity index (χ2v) is 4.95. The third-order valence-electron chi connectivity index (χ3n) is 3.75. The van der Waals surface area contributed by atoms with E-state index in [4.69, 9.17) is 0 Å². The van der Waals surface area contributed by atoms with Crippen molar-refractivity contribution in [2.75, 3.05) is 13.1 Å². The molecule has 2 heteroatoms. The van der Waals surface area contributed by atoms with Gasteiger partial charge in [0, 0.05) is 32.2 Å². The van der Waals surface area contributed by atoms with Crippen molar-refractivity contribution >= 4 is 0 Å². The van der Waals surface area contributed by atoms with Crippen molar-refractivity contribution in [3.05, 3.63) is 35.4 Å². The molecule has 0 radical (unpaired) electrons. The molecular weight excluding hydrogens is 208 g/mol. The maximum atomic E-state index is 3.63. The van der Waals surface area contributed by atoms with Gasteiger partial charge in [-0.3, -0.25) is 4.90 Å². The van der Waals surface area contributed by atoms with Gasteiger partial charge in [0.15, 0.2) is 0 Å². The average Bonchev–Trinajstić information content (AvgIpc) is 2.77. The SMILES string of the molecule is CCC(CC)NCCN1Cc2ccccc2C1. The highest BCUT2D eigenvalue weighted by Gasteiger charge is 2.17. The Kier molecular flexibility index (Phi) is 4.57. The molecule has 0 aliphatic carbocycles. The smallest absolute Gasteiger partial charge is 0.0241 e. The van der Waals surface area contributed by atoms with E-state index in [-0.39, 0.29) is 0 Å². The summed E-state index contributed by atoms with van der Waals surface area (Å²) >= 11 is 0. The van der Waals surface area contributed by atoms with E-state index in [1.165, 1.54) is 24.0 Å². The minimum absolute atomic E-state index is 0.694. The third kappa shape index (κ3) is 3.30. The minimum Gasteiger partial charge on any atom is -0.313 e. The van der Waals surface area contributed by atoms with Gasteiger partial charge in [0.2, 0.25) is 0 Å². The maximum Gasteiger partial charge on any atom is 0.0241 e. The van der Waals surface area contributed by atoms with Gasteiger partial charge in [-0.15, -0.1) is 0 Å². The molecule has 1 heterocycles. The zero-order valence-electron chi connectivity index (χ0n) is 11.1. The van der Waals surface area contributed by atoms with E-state index in [1.54, 1.807) is 0 Å². The van der Waals surface area contributed by atoms with Crippen molar-refractivity contribution in [1.82, 2.24) is 10.2 Å². The molecule has 0 saturated carbocycles. The summed E-state index contributed by atoms with van der Waals surface area (Å²) < 4.78 is 0. The number of hydrogen-bond donors (Lipinski definition) is 1. The highest BCUT2D eigenvalue weighted by molar-refractivity contribution is 5.30. The highest BCUT2D eigenvalue weighted by atomic mass is 15.2. The molecule has 1 aliphatic heterocycles. The fourth-order valence-electron chi connectivity index (χ4n) is 2.57. The number of benzene rings is 1. The number of rotatable bonds is 6. The quantitative estimate of drug-likeness (QED) is 0.811. The monoisotopic (exact) mass is 232 g/mol. The Hall–Kier alpha value is -0.860. The molecular formula is C15H24N2. The van der Waals surface area contributed by atoms with Gasteiger partial charge < -0.3 is 5.32 Å². The van der Waals surface area contributed by atoms with Gasteiger partial charge in [-0.1, -0.05) is 38.1 Å². The maximum absolute atomic E-state index is 3.63. The van der Waals surface area contributed by atoms with Crippen LogP contribution >= 0.6 is 0 Å². The topological polar surface area (TPSA) is 15.3 Å². The first-order valence-corrected chi connectivity index (χ1v) is 6.86. The lowest BCUT2D eigenvalue weighted by Crippen LogP contribution is -2.34. The highest BCUT2D eigenvalue weighted by Crippen LogP contribution is 2.21. The predicted molar refractivity (Wildman–Crippen MR) is 72.9 cm³/mol. The van der Waals surface area contributed by atoms with Crippen LogP contribution in [0.25, 0.3) is 0 Å². The Morgan fingerprint density at radius 3 is 2.24 bits per heavy atom. The molecule has 0 fully saturated rings. The van der Waals surface area contributed by atoms with Gasteiger partial charge in [0.25, 0.3) is 0 Å². The van der Waals surface area contributed by atoms with E-state index in [1.807, 2.05) is 0 Å². The first kappa shape index (κ1) is 12.6. The van der Waals surface area contributed by atoms with Crippen molar-refractivity contribution in [1.29, 1.82) is 0 Å². The Labute approximate surface area is 105 Å². The Morgan fingerprint density at radius 1 is 1.12 bits per heavy atom. The zero-order chi connectivity index (χ0) is 12.1. The summed E-state index contributed by atoms with van der Waals surface area (Å²) in [6.45, 7) is 9.03. The third-order valence-corrected chi connectivity index (χ3v) is 3.75. The van der Waals surface area contributed by atoms with Crippen LogP contribution in [0.5, 0.6) is 0 Å². The molecule has 2 rings (SSSR count). The standard InChI is InChI=1S/C15H24N2/c1-3-15(4-2)16-9-10-17-11-13-7-5-6-8-14(13)12-17/h5-8,15-16H,3-4,9-12H2,1-2H3. The van der Waals surface area contributed by atoms with Crippen LogP contribution < -0.4 is 5.32 Å². The van der Waals surface area contributed by atoms with E-state index < -0.39 is 0 Å². The Morgan fingerprint density at radius 2 is 1.71 bits per heavy atom. The van der Waals surface area contributed by atoms with Crippen molar-refractivity contribution in [3.63, 3.8) is 0 Å². The van der Waals surface area contributed by atoms with Gasteiger partial charge in [-0.05, 0) is 24.0 Å². The van der Waals surface area contributed by atoms with Crippen LogP contribution in [0.2, 0.25) is 0 Å². The van der Waals surface area contributed by atoms with E-state index in [0.29, 0.717) is 6.04 Å². The van der Waals surface area contributed by atoms with Gasteiger partial charge in [0.1, 0.15) is 0 Å². The van der Waals surface area contributed by atoms with Gasteiger partial charge in [0.05, 0.1) is 0 Å². The van der Waals surface area contributed by atoms with Gasteiger partial charge in [-0.25, -0.2) is 0 Å². The average molecular weight is 232 g/mol. The van der Waals surface area contributed by atoms with Crippen molar-refractivity contribution in [2.45, 2.75) is 45.8 Å². The fourth-order valence-corrected chi connectivity index (χ4v) is 2.57. The lowest BCUT2D eigenvalue weighted by atomic mass is 10.1. The molecule has 17 heavy (non-hydrogen) atoms. The van der Waals surface area contributed by atoms with E-state index in [9.17, 15) is 0 Å². The predicted octanol–water partition coefficient (Wildman–Crippen LogP) is 2.78. The molecule has 1 aromatic carbocycles. The van der Waals surface area contributed by atoms with Crippen molar-refractivity contribution < 1.29 is 0 Å². The lowest BCUT2D eigenvalue weighted by molar-refractivity contribution is 0.276. The summed E-state index contributed by atoms with van der Waals surface area (Å²) in [6, 6.07) is 9.49. The summed E-state index contributed by atoms with van der Waals surface area (Å²) in [5.74, 6) is 0. The molecule has 0 aromatic heterocycles. The van der Waals surface area contributed by atoms with Crippen molar-refractivity contribution in [3.8, 4) is 0 Å². The second-order valence-electron chi connectivity index (χ2n) is 4.95. The number of fused-ring (bicyclic) bond motifs is 1. The first-order chi connectivity index (χ1) is 8.33. The summed E-state index contributed by atoms with van der Waals surface area (Å²) in [4.78, 5) is 2.53. The molecule has 1 N–H and O–H groups in total. The molecule has 1 aromatic rings. The molecule has 0 atom stereocenters. The zero-order valence-corrected chi connectivity index (χ0v) is 11.1. The first-order valence-electron chi connectivity index (χ1n) is 6.86. The summed E-state index contributed by atoms with van der Waals surface area (Å²) in [7, 11) is 0. The van der Waals surface area contributed by atoms with Crippen LogP contribution in [-0.4, -0.2) is 24.0 Å². The fraction of sp³-hybridized carbons (Fsp3) is 0.600. The van der Waals surface area contributed by atoms with Crippen LogP contribution in [0.1, 0.15) is 37.8 Å². The minimum atomic E-state index is 0.694. The van der Waals surface area contributed by atoms with E-state index >= 15 is 0 Å². The molecule has 2 nitrogen and oxygen atoms in total. The van der Waals surface area contributed by atoms with Crippen LogP contribution in [-0.2, 0) is 13.1 Å². The van der Waals surface area contributed by atoms with E-state index in [0.717, 1.165) is 26.2 Å². The number of nitrogens with one attached hydrogen (secondary N) is 1. The molecule has 0 spiro atoms.